The third-order valence-electron chi connectivity index (χ3n) is 1.22. The fourth-order valence-electron chi connectivity index (χ4n) is 0.714. The molecule has 0 aliphatic carbocycles. The minimum Gasteiger partial charge on any atom is -0.298 e. The van der Waals surface area contributed by atoms with Gasteiger partial charge < -0.3 is 0 Å². The quantitative estimate of drug-likeness (QED) is 0.568. The van der Waals surface area contributed by atoms with Crippen molar-refractivity contribution in [2.45, 2.75) is 0 Å². The second-order valence-electron chi connectivity index (χ2n) is 1.83. The highest BCUT2D eigenvalue weighted by molar-refractivity contribution is 5.81. The summed E-state index contributed by atoms with van der Waals surface area (Å²) in [6.07, 6.45) is 0.618. The van der Waals surface area contributed by atoms with Gasteiger partial charge in [-0.3, -0.25) is 4.79 Å². The first kappa shape index (κ1) is 3.71. The van der Waals surface area contributed by atoms with E-state index in [9.17, 15) is 4.79 Å². The molecule has 10 heavy (non-hydrogen) atoms. The van der Waals surface area contributed by atoms with Gasteiger partial charge in [-0.2, -0.15) is 0 Å². The van der Waals surface area contributed by atoms with E-state index in [2.05, 4.69) is 0 Å². The summed E-state index contributed by atoms with van der Waals surface area (Å²) in [5.74, 6) is 0. The molecule has 0 bridgehead atoms. The first-order valence-corrected chi connectivity index (χ1v) is 2.85. The molecule has 1 nitrogen and oxygen atoms in total. The molecule has 0 atom stereocenters. The first-order valence-electron chi connectivity index (χ1n) is 4.35. The van der Waals surface area contributed by atoms with Gasteiger partial charge in [0.2, 0.25) is 0 Å². The molecule has 0 heterocycles. The van der Waals surface area contributed by atoms with Crippen LogP contribution in [0.15, 0.2) is 30.8 Å². The lowest BCUT2D eigenvalue weighted by Crippen LogP contribution is -1.82. The van der Waals surface area contributed by atoms with E-state index in [1.54, 1.807) is 24.3 Å². The molecular formula is C9H8O. The number of benzene rings is 1. The molecule has 0 saturated carbocycles. The molecule has 1 aromatic carbocycles. The van der Waals surface area contributed by atoms with Crippen LogP contribution in [0.3, 0.4) is 0 Å². The third kappa shape index (κ3) is 1.13. The minimum absolute atomic E-state index is 0.234. The van der Waals surface area contributed by atoms with Crippen molar-refractivity contribution in [3.63, 3.8) is 0 Å². The Kier molecular flexibility index (Phi) is 1.10. The standard InChI is InChI=1S/C9H8O/c1-2-8-5-3-4-6-9(8)7-10/h2-7H,1H2/i1D2,2D. The smallest absolute Gasteiger partial charge is 0.150 e. The molecule has 0 spiro atoms. The molecular weight excluding hydrogens is 124 g/mol. The van der Waals surface area contributed by atoms with Gasteiger partial charge in [0.1, 0.15) is 0 Å². The van der Waals surface area contributed by atoms with E-state index < -0.39 is 6.53 Å². The first-order chi connectivity index (χ1) is 6.16. The molecule has 0 saturated heterocycles. The van der Waals surface area contributed by atoms with Gasteiger partial charge in [-0.1, -0.05) is 36.8 Å². The van der Waals surface area contributed by atoms with Crippen molar-refractivity contribution >= 4 is 12.3 Å². The van der Waals surface area contributed by atoms with Gasteiger partial charge in [-0.25, -0.2) is 0 Å². The molecule has 0 aromatic heterocycles. The Bertz CT molecular complexity index is 354. The van der Waals surface area contributed by atoms with Crippen molar-refractivity contribution in [2.75, 3.05) is 0 Å². The third-order valence-corrected chi connectivity index (χ3v) is 1.22. The Balaban J connectivity index is 3.29. The summed E-state index contributed by atoms with van der Waals surface area (Å²) >= 11 is 0. The zero-order valence-corrected chi connectivity index (χ0v) is 5.29. The lowest BCUT2D eigenvalue weighted by molar-refractivity contribution is 0.112. The maximum atomic E-state index is 10.5. The van der Waals surface area contributed by atoms with Crippen LogP contribution in [0.25, 0.3) is 6.05 Å². The predicted molar refractivity (Wildman–Crippen MR) is 41.9 cm³/mol. The van der Waals surface area contributed by atoms with E-state index in [1.807, 2.05) is 0 Å². The topological polar surface area (TPSA) is 17.1 Å². The van der Waals surface area contributed by atoms with Gasteiger partial charge in [0.05, 0.1) is 4.11 Å². The van der Waals surface area contributed by atoms with Gasteiger partial charge >= 0.3 is 0 Å². The highest BCUT2D eigenvalue weighted by Gasteiger charge is 1.92. The van der Waals surface area contributed by atoms with Crippen molar-refractivity contribution in [1.29, 1.82) is 0 Å². The molecule has 0 N–H and O–H groups in total. The molecule has 0 aliphatic rings. The maximum Gasteiger partial charge on any atom is 0.150 e. The van der Waals surface area contributed by atoms with E-state index in [0.717, 1.165) is 0 Å². The number of rotatable bonds is 2. The summed E-state index contributed by atoms with van der Waals surface area (Å²) in [4.78, 5) is 10.5. The second kappa shape index (κ2) is 2.97. The van der Waals surface area contributed by atoms with E-state index >= 15 is 0 Å². The summed E-state index contributed by atoms with van der Waals surface area (Å²) < 4.78 is 21.2. The lowest BCUT2D eigenvalue weighted by Gasteiger charge is -1.94. The van der Waals surface area contributed by atoms with Crippen molar-refractivity contribution < 1.29 is 8.91 Å². The van der Waals surface area contributed by atoms with Crippen LogP contribution in [-0.4, -0.2) is 6.29 Å². The average molecular weight is 135 g/mol. The van der Waals surface area contributed by atoms with Crippen LogP contribution in [0, 0.1) is 0 Å². The van der Waals surface area contributed by atoms with E-state index in [0.29, 0.717) is 17.4 Å². The Morgan fingerprint density at radius 3 is 2.80 bits per heavy atom. The highest BCUT2D eigenvalue weighted by atomic mass is 16.1. The molecule has 1 aromatic rings. The molecule has 0 radical (unpaired) electrons. The van der Waals surface area contributed by atoms with Crippen LogP contribution >= 0.6 is 0 Å². The maximum absolute atomic E-state index is 10.5. The predicted octanol–water partition coefficient (Wildman–Crippen LogP) is 2.14. The normalized spacial score (nSPS) is 12.6. The van der Waals surface area contributed by atoms with Crippen LogP contribution in [0.4, 0.5) is 0 Å². The summed E-state index contributed by atoms with van der Waals surface area (Å²) in [5.41, 5.74) is 0.669. The number of carbonyl (C=O) groups excluding carboxylic acids is 1. The summed E-state index contributed by atoms with van der Waals surface area (Å²) in [6.45, 7) is -0.589. The van der Waals surface area contributed by atoms with E-state index in [-0.39, 0.29) is 6.05 Å². The van der Waals surface area contributed by atoms with Gasteiger partial charge in [0.25, 0.3) is 0 Å². The average Bonchev–Trinajstić information content (AvgIpc) is 2.16. The Hall–Kier alpha value is -1.37. The van der Waals surface area contributed by atoms with E-state index in [4.69, 9.17) is 4.11 Å². The number of hydrogen-bond donors (Lipinski definition) is 0. The van der Waals surface area contributed by atoms with Gasteiger partial charge in [0.15, 0.2) is 6.29 Å². The minimum atomic E-state index is -0.589. The summed E-state index contributed by atoms with van der Waals surface area (Å²) in [6, 6.07) is 6.21. The molecule has 0 aliphatic heterocycles. The highest BCUT2D eigenvalue weighted by Crippen LogP contribution is 2.06. The van der Waals surface area contributed by atoms with Crippen LogP contribution in [-0.2, 0) is 0 Å². The lowest BCUT2D eigenvalue weighted by atomic mass is 10.1. The molecule has 0 amide bonds. The second-order valence-corrected chi connectivity index (χ2v) is 1.83. The van der Waals surface area contributed by atoms with Crippen molar-refractivity contribution in [3.05, 3.63) is 41.9 Å². The van der Waals surface area contributed by atoms with Crippen LogP contribution < -0.4 is 0 Å². The Labute approximate surface area is 64.2 Å². The van der Waals surface area contributed by atoms with Crippen LogP contribution in [0.2, 0.25) is 0 Å². The number of hydrogen-bond acceptors (Lipinski definition) is 1. The zero-order chi connectivity index (χ0) is 9.84. The Morgan fingerprint density at radius 1 is 1.50 bits per heavy atom. The Morgan fingerprint density at radius 2 is 2.20 bits per heavy atom. The molecule has 1 heteroatoms. The summed E-state index contributed by atoms with van der Waals surface area (Å²) in [7, 11) is 0. The zero-order valence-electron chi connectivity index (χ0n) is 8.29. The van der Waals surface area contributed by atoms with Crippen LogP contribution in [0.5, 0.6) is 0 Å². The number of carbonyl (C=O) groups is 1. The molecule has 0 fully saturated rings. The van der Waals surface area contributed by atoms with E-state index in [1.165, 1.54) is 0 Å². The van der Waals surface area contributed by atoms with Gasteiger partial charge in [-0.15, -0.1) is 0 Å². The van der Waals surface area contributed by atoms with Crippen LogP contribution in [0.1, 0.15) is 20.0 Å². The fraction of sp³-hybridized carbons (Fsp3) is 0. The van der Waals surface area contributed by atoms with Crippen molar-refractivity contribution in [2.24, 2.45) is 0 Å². The van der Waals surface area contributed by atoms with Gasteiger partial charge in [0, 0.05) is 5.56 Å². The van der Waals surface area contributed by atoms with Crippen molar-refractivity contribution in [3.8, 4) is 0 Å². The molecule has 50 valence electrons. The fourth-order valence-corrected chi connectivity index (χ4v) is 0.714. The van der Waals surface area contributed by atoms with Gasteiger partial charge in [-0.05, 0) is 5.56 Å². The molecule has 0 unspecified atom stereocenters. The molecule has 1 rings (SSSR count). The largest absolute Gasteiger partial charge is 0.298 e. The monoisotopic (exact) mass is 135 g/mol. The number of aldehydes is 1. The van der Waals surface area contributed by atoms with Crippen molar-refractivity contribution in [1.82, 2.24) is 0 Å². The SMILES string of the molecule is [2H]C([2H])=C([2H])c1ccccc1C=O. The summed E-state index contributed by atoms with van der Waals surface area (Å²) in [5, 5.41) is 0.